The molecular formula is C19H17N3O3S. The van der Waals surface area contributed by atoms with E-state index < -0.39 is 0 Å². The van der Waals surface area contributed by atoms with Gasteiger partial charge in [-0.15, -0.1) is 10.2 Å². The van der Waals surface area contributed by atoms with Crippen molar-refractivity contribution in [1.29, 1.82) is 0 Å². The van der Waals surface area contributed by atoms with E-state index >= 15 is 0 Å². The third kappa shape index (κ3) is 3.83. The lowest BCUT2D eigenvalue weighted by molar-refractivity contribution is -0.115. The van der Waals surface area contributed by atoms with Crippen LogP contribution in [0.4, 0.5) is 5.13 Å². The van der Waals surface area contributed by atoms with Crippen LogP contribution < -0.4 is 14.8 Å². The van der Waals surface area contributed by atoms with Crippen molar-refractivity contribution in [3.8, 4) is 11.5 Å². The van der Waals surface area contributed by atoms with E-state index in [1.807, 2.05) is 24.3 Å². The van der Waals surface area contributed by atoms with Crippen LogP contribution in [-0.4, -0.2) is 22.9 Å². The number of anilines is 1. The standard InChI is InChI=1S/C19H17N3O3S/c1-12-3-2-4-13(7-12)10-18-21-22-19(26-18)20-17(23)9-14-5-6-15-16(8-14)25-11-24-15/h2-8H,9-11H2,1H3,(H,20,22,23). The Morgan fingerprint density at radius 2 is 2.00 bits per heavy atom. The summed E-state index contributed by atoms with van der Waals surface area (Å²) in [5, 5.41) is 12.4. The average molecular weight is 367 g/mol. The second-order valence-electron chi connectivity index (χ2n) is 6.08. The van der Waals surface area contributed by atoms with Gasteiger partial charge in [0.05, 0.1) is 6.42 Å². The predicted octanol–water partition coefficient (Wildman–Crippen LogP) is 3.35. The quantitative estimate of drug-likeness (QED) is 0.749. The van der Waals surface area contributed by atoms with Gasteiger partial charge in [0.15, 0.2) is 11.5 Å². The van der Waals surface area contributed by atoms with E-state index in [4.69, 9.17) is 9.47 Å². The number of nitrogens with zero attached hydrogens (tertiary/aromatic N) is 2. The Morgan fingerprint density at radius 1 is 1.12 bits per heavy atom. The van der Waals surface area contributed by atoms with Gasteiger partial charge in [0.1, 0.15) is 5.01 Å². The van der Waals surface area contributed by atoms with Crippen LogP contribution >= 0.6 is 11.3 Å². The van der Waals surface area contributed by atoms with Gasteiger partial charge in [0.2, 0.25) is 17.8 Å². The molecule has 26 heavy (non-hydrogen) atoms. The fraction of sp³-hybridized carbons (Fsp3) is 0.211. The normalized spacial score (nSPS) is 12.2. The maximum absolute atomic E-state index is 12.2. The largest absolute Gasteiger partial charge is 0.454 e. The Bertz CT molecular complexity index is 955. The first-order chi connectivity index (χ1) is 12.7. The number of aromatic nitrogens is 2. The fourth-order valence-corrected chi connectivity index (χ4v) is 3.56. The zero-order valence-corrected chi connectivity index (χ0v) is 15.0. The SMILES string of the molecule is Cc1cccc(Cc2nnc(NC(=O)Cc3ccc4c(c3)OCO4)s2)c1. The highest BCUT2D eigenvalue weighted by molar-refractivity contribution is 7.15. The number of hydrogen-bond donors (Lipinski definition) is 1. The van der Waals surface area contributed by atoms with Gasteiger partial charge in [-0.25, -0.2) is 0 Å². The van der Waals surface area contributed by atoms with Crippen LogP contribution in [0.3, 0.4) is 0 Å². The van der Waals surface area contributed by atoms with Crippen molar-refractivity contribution in [1.82, 2.24) is 10.2 Å². The highest BCUT2D eigenvalue weighted by Crippen LogP contribution is 2.32. The average Bonchev–Trinajstić information content (AvgIpc) is 3.23. The van der Waals surface area contributed by atoms with E-state index in [-0.39, 0.29) is 19.1 Å². The van der Waals surface area contributed by atoms with E-state index in [0.717, 1.165) is 10.6 Å². The number of nitrogens with one attached hydrogen (secondary N) is 1. The van der Waals surface area contributed by atoms with Gasteiger partial charge in [0.25, 0.3) is 0 Å². The smallest absolute Gasteiger partial charge is 0.231 e. The van der Waals surface area contributed by atoms with Crippen LogP contribution in [0, 0.1) is 6.92 Å². The zero-order valence-electron chi connectivity index (χ0n) is 14.2. The van der Waals surface area contributed by atoms with Crippen LogP contribution in [0.5, 0.6) is 11.5 Å². The summed E-state index contributed by atoms with van der Waals surface area (Å²) in [6.45, 7) is 2.28. The molecule has 0 radical (unpaired) electrons. The predicted molar refractivity (Wildman–Crippen MR) is 98.8 cm³/mol. The first-order valence-electron chi connectivity index (χ1n) is 8.22. The lowest BCUT2D eigenvalue weighted by Crippen LogP contribution is -2.14. The summed E-state index contributed by atoms with van der Waals surface area (Å²) in [7, 11) is 0. The monoisotopic (exact) mass is 367 g/mol. The topological polar surface area (TPSA) is 73.3 Å². The lowest BCUT2D eigenvalue weighted by Gasteiger charge is -2.03. The third-order valence-electron chi connectivity index (χ3n) is 3.95. The van der Waals surface area contributed by atoms with Crippen molar-refractivity contribution >= 4 is 22.4 Å². The summed E-state index contributed by atoms with van der Waals surface area (Å²) in [6, 6.07) is 13.8. The second-order valence-corrected chi connectivity index (χ2v) is 7.14. The number of ether oxygens (including phenoxy) is 2. The van der Waals surface area contributed by atoms with Crippen molar-refractivity contribution in [3.05, 3.63) is 64.2 Å². The van der Waals surface area contributed by atoms with E-state index in [2.05, 4.69) is 40.6 Å². The molecule has 0 atom stereocenters. The molecule has 132 valence electrons. The molecule has 0 aliphatic carbocycles. The number of rotatable bonds is 5. The molecule has 7 heteroatoms. The van der Waals surface area contributed by atoms with E-state index in [0.29, 0.717) is 23.1 Å². The first kappa shape index (κ1) is 16.5. The molecule has 0 spiro atoms. The summed E-state index contributed by atoms with van der Waals surface area (Å²) in [5.74, 6) is 1.24. The molecule has 1 N–H and O–H groups in total. The molecule has 3 aromatic rings. The summed E-state index contributed by atoms with van der Waals surface area (Å²) in [4.78, 5) is 12.2. The summed E-state index contributed by atoms with van der Waals surface area (Å²) >= 11 is 1.39. The van der Waals surface area contributed by atoms with Crippen LogP contribution in [0.25, 0.3) is 0 Å². The minimum Gasteiger partial charge on any atom is -0.454 e. The molecule has 0 bridgehead atoms. The Hall–Kier alpha value is -2.93. The molecule has 0 unspecified atom stereocenters. The molecule has 0 saturated carbocycles. The van der Waals surface area contributed by atoms with Crippen molar-refractivity contribution in [2.24, 2.45) is 0 Å². The van der Waals surface area contributed by atoms with E-state index in [1.165, 1.54) is 22.5 Å². The molecule has 4 rings (SSSR count). The van der Waals surface area contributed by atoms with Crippen LogP contribution in [0.1, 0.15) is 21.7 Å². The second kappa shape index (κ2) is 7.13. The maximum atomic E-state index is 12.2. The molecule has 1 aliphatic rings. The zero-order chi connectivity index (χ0) is 17.9. The molecule has 2 heterocycles. The Kier molecular flexibility index (Phi) is 4.53. The maximum Gasteiger partial charge on any atom is 0.231 e. The number of fused-ring (bicyclic) bond motifs is 1. The summed E-state index contributed by atoms with van der Waals surface area (Å²) in [6.07, 6.45) is 0.945. The van der Waals surface area contributed by atoms with Gasteiger partial charge in [-0.3, -0.25) is 4.79 Å². The van der Waals surface area contributed by atoms with Crippen LogP contribution in [0.15, 0.2) is 42.5 Å². The van der Waals surface area contributed by atoms with Gasteiger partial charge in [0, 0.05) is 6.42 Å². The molecular weight excluding hydrogens is 350 g/mol. The molecule has 2 aromatic carbocycles. The lowest BCUT2D eigenvalue weighted by atomic mass is 10.1. The van der Waals surface area contributed by atoms with Crippen LogP contribution in [0.2, 0.25) is 0 Å². The van der Waals surface area contributed by atoms with E-state index in [9.17, 15) is 4.79 Å². The van der Waals surface area contributed by atoms with Crippen molar-refractivity contribution in [2.75, 3.05) is 12.1 Å². The first-order valence-corrected chi connectivity index (χ1v) is 9.04. The number of hydrogen-bond acceptors (Lipinski definition) is 6. The number of benzene rings is 2. The van der Waals surface area contributed by atoms with Crippen molar-refractivity contribution in [2.45, 2.75) is 19.8 Å². The minimum atomic E-state index is -0.137. The summed E-state index contributed by atoms with van der Waals surface area (Å²) < 4.78 is 10.6. The number of carbonyl (C=O) groups excluding carboxylic acids is 1. The molecule has 6 nitrogen and oxygen atoms in total. The van der Waals surface area contributed by atoms with Gasteiger partial charge >= 0.3 is 0 Å². The number of carbonyl (C=O) groups is 1. The van der Waals surface area contributed by atoms with Gasteiger partial charge in [-0.2, -0.15) is 0 Å². The molecule has 0 fully saturated rings. The summed E-state index contributed by atoms with van der Waals surface area (Å²) in [5.41, 5.74) is 3.25. The molecule has 1 amide bonds. The Balaban J connectivity index is 1.37. The molecule has 1 aliphatic heterocycles. The van der Waals surface area contributed by atoms with Crippen molar-refractivity contribution < 1.29 is 14.3 Å². The van der Waals surface area contributed by atoms with Gasteiger partial charge < -0.3 is 14.8 Å². The number of amides is 1. The highest BCUT2D eigenvalue weighted by atomic mass is 32.1. The minimum absolute atomic E-state index is 0.137. The Labute approximate surface area is 154 Å². The third-order valence-corrected chi connectivity index (χ3v) is 4.79. The van der Waals surface area contributed by atoms with Gasteiger partial charge in [-0.1, -0.05) is 47.2 Å². The van der Waals surface area contributed by atoms with Crippen molar-refractivity contribution in [3.63, 3.8) is 0 Å². The Morgan fingerprint density at radius 3 is 2.88 bits per heavy atom. The highest BCUT2D eigenvalue weighted by Gasteiger charge is 2.15. The van der Waals surface area contributed by atoms with Gasteiger partial charge in [-0.05, 0) is 30.2 Å². The van der Waals surface area contributed by atoms with Crippen LogP contribution in [-0.2, 0) is 17.6 Å². The number of aryl methyl sites for hydroxylation is 1. The fourth-order valence-electron chi connectivity index (χ4n) is 2.77. The molecule has 1 aromatic heterocycles. The van der Waals surface area contributed by atoms with E-state index in [1.54, 1.807) is 0 Å². The molecule has 0 saturated heterocycles.